The van der Waals surface area contributed by atoms with E-state index in [2.05, 4.69) is 39.7 Å². The predicted octanol–water partition coefficient (Wildman–Crippen LogP) is 4.30. The third-order valence-corrected chi connectivity index (χ3v) is 3.91. The number of benzene rings is 2. The molecule has 3 aromatic rings. The molecular formula is C14H11IN2OS. The Bertz CT molecular complexity index is 807. The van der Waals surface area contributed by atoms with Crippen molar-refractivity contribution in [3.8, 4) is 11.4 Å². The van der Waals surface area contributed by atoms with E-state index >= 15 is 0 Å². The molecule has 19 heavy (non-hydrogen) atoms. The number of hydrogen-bond acceptors (Lipinski definition) is 2. The summed E-state index contributed by atoms with van der Waals surface area (Å²) >= 11 is 7.72. The number of aromatic amines is 1. The predicted molar refractivity (Wildman–Crippen MR) is 87.7 cm³/mol. The van der Waals surface area contributed by atoms with Crippen molar-refractivity contribution in [3.63, 3.8) is 0 Å². The largest absolute Gasteiger partial charge is 0.497 e. The molecule has 0 aliphatic rings. The van der Waals surface area contributed by atoms with Crippen molar-refractivity contribution in [2.45, 2.75) is 0 Å². The molecular weight excluding hydrogens is 371 g/mol. The zero-order valence-corrected chi connectivity index (χ0v) is 13.2. The van der Waals surface area contributed by atoms with E-state index in [0.717, 1.165) is 22.5 Å². The molecule has 2 aromatic carbocycles. The van der Waals surface area contributed by atoms with E-state index in [9.17, 15) is 0 Å². The van der Waals surface area contributed by atoms with Crippen LogP contribution in [0.15, 0.2) is 42.5 Å². The Balaban J connectivity index is 2.33. The fourth-order valence-electron chi connectivity index (χ4n) is 2.08. The summed E-state index contributed by atoms with van der Waals surface area (Å²) in [7, 11) is 1.66. The van der Waals surface area contributed by atoms with Gasteiger partial charge in [-0.2, -0.15) is 0 Å². The van der Waals surface area contributed by atoms with Crippen LogP contribution in [0, 0.1) is 8.34 Å². The second kappa shape index (κ2) is 4.97. The zero-order chi connectivity index (χ0) is 13.4. The van der Waals surface area contributed by atoms with Crippen molar-refractivity contribution in [1.29, 1.82) is 0 Å². The van der Waals surface area contributed by atoms with Gasteiger partial charge in [0.05, 0.1) is 18.1 Å². The standard InChI is InChI=1S/C14H11IN2OS/c1-18-11-5-6-12-13(8-11)17(14(19)16-12)10-4-2-3-9(15)7-10/h2-8H,1H3,(H,16,19). The third-order valence-electron chi connectivity index (χ3n) is 2.96. The molecule has 0 aliphatic heterocycles. The normalized spacial score (nSPS) is 10.8. The first kappa shape index (κ1) is 12.7. The molecule has 1 aromatic heterocycles. The number of halogens is 1. The molecule has 5 heteroatoms. The Kier molecular flexibility index (Phi) is 3.32. The lowest BCUT2D eigenvalue weighted by Gasteiger charge is -2.06. The molecule has 1 N–H and O–H groups in total. The van der Waals surface area contributed by atoms with Crippen LogP contribution in [0.1, 0.15) is 0 Å². The van der Waals surface area contributed by atoms with Gasteiger partial charge in [0.1, 0.15) is 5.75 Å². The average Bonchev–Trinajstić information content (AvgIpc) is 2.73. The molecule has 0 saturated carbocycles. The van der Waals surface area contributed by atoms with Gasteiger partial charge < -0.3 is 9.72 Å². The molecule has 0 radical (unpaired) electrons. The molecule has 1 heterocycles. The molecule has 0 amide bonds. The van der Waals surface area contributed by atoms with E-state index in [-0.39, 0.29) is 0 Å². The van der Waals surface area contributed by atoms with Gasteiger partial charge in [0, 0.05) is 15.3 Å². The Morgan fingerprint density at radius 1 is 1.21 bits per heavy atom. The van der Waals surface area contributed by atoms with E-state index in [4.69, 9.17) is 17.0 Å². The maximum atomic E-state index is 5.42. The first-order valence-electron chi connectivity index (χ1n) is 5.74. The van der Waals surface area contributed by atoms with Gasteiger partial charge in [0.25, 0.3) is 0 Å². The summed E-state index contributed by atoms with van der Waals surface area (Å²) in [5, 5.41) is 0. The van der Waals surface area contributed by atoms with Gasteiger partial charge in [0.15, 0.2) is 4.77 Å². The van der Waals surface area contributed by atoms with Crippen molar-refractivity contribution < 1.29 is 4.74 Å². The summed E-state index contributed by atoms with van der Waals surface area (Å²) in [5.41, 5.74) is 3.08. The number of ether oxygens (including phenoxy) is 1. The highest BCUT2D eigenvalue weighted by Gasteiger charge is 2.07. The van der Waals surface area contributed by atoms with Crippen molar-refractivity contribution in [3.05, 3.63) is 50.8 Å². The number of nitrogens with one attached hydrogen (secondary N) is 1. The first-order chi connectivity index (χ1) is 9.19. The van der Waals surface area contributed by atoms with Crippen molar-refractivity contribution in [2.24, 2.45) is 0 Å². The summed E-state index contributed by atoms with van der Waals surface area (Å²) < 4.78 is 9.17. The maximum absolute atomic E-state index is 5.42. The molecule has 96 valence electrons. The van der Waals surface area contributed by atoms with Crippen LogP contribution in [0.2, 0.25) is 0 Å². The number of hydrogen-bond donors (Lipinski definition) is 1. The molecule has 0 aliphatic carbocycles. The van der Waals surface area contributed by atoms with E-state index in [1.807, 2.05) is 34.9 Å². The number of rotatable bonds is 2. The summed E-state index contributed by atoms with van der Waals surface area (Å²) in [5.74, 6) is 0.820. The summed E-state index contributed by atoms with van der Waals surface area (Å²) in [4.78, 5) is 3.22. The van der Waals surface area contributed by atoms with Gasteiger partial charge in [0.2, 0.25) is 0 Å². The molecule has 0 fully saturated rings. The molecule has 0 bridgehead atoms. The molecule has 0 atom stereocenters. The van der Waals surface area contributed by atoms with Crippen LogP contribution < -0.4 is 4.74 Å². The topological polar surface area (TPSA) is 29.9 Å². The van der Waals surface area contributed by atoms with Gasteiger partial charge in [-0.1, -0.05) is 6.07 Å². The minimum atomic E-state index is 0.685. The van der Waals surface area contributed by atoms with Crippen molar-refractivity contribution in [2.75, 3.05) is 7.11 Å². The minimum Gasteiger partial charge on any atom is -0.497 e. The van der Waals surface area contributed by atoms with Crippen LogP contribution in [0.3, 0.4) is 0 Å². The molecule has 0 saturated heterocycles. The number of imidazole rings is 1. The summed E-state index contributed by atoms with van der Waals surface area (Å²) in [6.07, 6.45) is 0. The highest BCUT2D eigenvalue weighted by Crippen LogP contribution is 2.24. The van der Waals surface area contributed by atoms with Crippen LogP contribution in [0.5, 0.6) is 5.75 Å². The lowest BCUT2D eigenvalue weighted by atomic mass is 10.2. The Labute approximate surface area is 129 Å². The van der Waals surface area contributed by atoms with Gasteiger partial charge in [-0.15, -0.1) is 0 Å². The van der Waals surface area contributed by atoms with Gasteiger partial charge in [-0.25, -0.2) is 0 Å². The number of methoxy groups -OCH3 is 1. The number of fused-ring (bicyclic) bond motifs is 1. The second-order valence-electron chi connectivity index (χ2n) is 4.13. The van der Waals surface area contributed by atoms with Gasteiger partial charge in [-0.05, 0) is 65.1 Å². The Morgan fingerprint density at radius 3 is 2.79 bits per heavy atom. The lowest BCUT2D eigenvalue weighted by Crippen LogP contribution is -1.94. The summed E-state index contributed by atoms with van der Waals surface area (Å²) in [6.45, 7) is 0. The second-order valence-corrected chi connectivity index (χ2v) is 5.76. The smallest absolute Gasteiger partial charge is 0.182 e. The van der Waals surface area contributed by atoms with E-state index in [1.54, 1.807) is 7.11 Å². The highest BCUT2D eigenvalue weighted by atomic mass is 127. The van der Waals surface area contributed by atoms with E-state index < -0.39 is 0 Å². The fraction of sp³-hybridized carbons (Fsp3) is 0.0714. The molecule has 3 nitrogen and oxygen atoms in total. The number of aromatic nitrogens is 2. The molecule has 3 rings (SSSR count). The lowest BCUT2D eigenvalue weighted by molar-refractivity contribution is 0.415. The van der Waals surface area contributed by atoms with E-state index in [1.165, 1.54) is 3.57 Å². The summed E-state index contributed by atoms with van der Waals surface area (Å²) in [6, 6.07) is 14.1. The van der Waals surface area contributed by atoms with Crippen LogP contribution in [0.4, 0.5) is 0 Å². The third kappa shape index (κ3) is 2.28. The quantitative estimate of drug-likeness (QED) is 0.529. The van der Waals surface area contributed by atoms with Crippen molar-refractivity contribution in [1.82, 2.24) is 9.55 Å². The highest BCUT2D eigenvalue weighted by molar-refractivity contribution is 14.1. The van der Waals surface area contributed by atoms with Gasteiger partial charge in [-0.3, -0.25) is 4.57 Å². The number of nitrogens with zero attached hydrogens (tertiary/aromatic N) is 1. The average molecular weight is 382 g/mol. The van der Waals surface area contributed by atoms with Crippen molar-refractivity contribution >= 4 is 45.8 Å². The monoisotopic (exact) mass is 382 g/mol. The fourth-order valence-corrected chi connectivity index (χ4v) is 2.92. The maximum Gasteiger partial charge on any atom is 0.182 e. The molecule has 0 unspecified atom stereocenters. The van der Waals surface area contributed by atoms with E-state index in [0.29, 0.717) is 4.77 Å². The Morgan fingerprint density at radius 2 is 2.05 bits per heavy atom. The zero-order valence-electron chi connectivity index (χ0n) is 10.2. The SMILES string of the molecule is COc1ccc2[nH]c(=S)n(-c3cccc(I)c3)c2c1. The van der Waals surface area contributed by atoms with Crippen LogP contribution in [-0.4, -0.2) is 16.7 Å². The van der Waals surface area contributed by atoms with Crippen LogP contribution in [-0.2, 0) is 0 Å². The Hall–Kier alpha value is -1.34. The molecule has 0 spiro atoms. The number of H-pyrrole nitrogens is 1. The first-order valence-corrected chi connectivity index (χ1v) is 7.22. The minimum absolute atomic E-state index is 0.685. The van der Waals surface area contributed by atoms with Crippen LogP contribution >= 0.6 is 34.8 Å². The van der Waals surface area contributed by atoms with Crippen LogP contribution in [0.25, 0.3) is 16.7 Å². The van der Waals surface area contributed by atoms with Gasteiger partial charge >= 0.3 is 0 Å².